The lowest BCUT2D eigenvalue weighted by Gasteiger charge is -2.09. The molecule has 4 heteroatoms. The summed E-state index contributed by atoms with van der Waals surface area (Å²) < 4.78 is 0. The van der Waals surface area contributed by atoms with Gasteiger partial charge in [-0.2, -0.15) is 0 Å². The van der Waals surface area contributed by atoms with Gasteiger partial charge < -0.3 is 10.6 Å². The number of benzene rings is 2. The second-order valence-electron chi connectivity index (χ2n) is 5.98. The van der Waals surface area contributed by atoms with Crippen molar-refractivity contribution in [2.24, 2.45) is 9.98 Å². The second-order valence-corrected chi connectivity index (χ2v) is 5.98. The smallest absolute Gasteiger partial charge is 0.0864 e. The zero-order valence-corrected chi connectivity index (χ0v) is 15.2. The number of nitrogens with one attached hydrogen (secondary N) is 2. The van der Waals surface area contributed by atoms with E-state index in [4.69, 9.17) is 0 Å². The Bertz CT molecular complexity index is 802. The van der Waals surface area contributed by atoms with Gasteiger partial charge in [0.05, 0.1) is 22.7 Å². The molecule has 1 aliphatic heterocycles. The van der Waals surface area contributed by atoms with Crippen LogP contribution in [0.5, 0.6) is 0 Å². The van der Waals surface area contributed by atoms with Crippen molar-refractivity contribution in [2.45, 2.75) is 26.7 Å². The number of para-hydroxylation sites is 4. The highest BCUT2D eigenvalue weighted by Crippen LogP contribution is 2.27. The Labute approximate surface area is 155 Å². The molecule has 1 aliphatic rings. The van der Waals surface area contributed by atoms with Crippen molar-refractivity contribution in [1.82, 2.24) is 0 Å². The Morgan fingerprint density at radius 1 is 0.654 bits per heavy atom. The maximum Gasteiger partial charge on any atom is 0.0864 e. The van der Waals surface area contributed by atoms with Crippen LogP contribution >= 0.6 is 0 Å². The molecule has 0 fully saturated rings. The Hall–Kier alpha value is -3.14. The van der Waals surface area contributed by atoms with Crippen molar-refractivity contribution in [2.75, 3.05) is 10.6 Å². The third-order valence-electron chi connectivity index (χ3n) is 4.19. The van der Waals surface area contributed by atoms with Crippen LogP contribution in [-0.4, -0.2) is 12.4 Å². The van der Waals surface area contributed by atoms with Gasteiger partial charge in [-0.3, -0.25) is 9.98 Å². The molecule has 2 aromatic carbocycles. The monoisotopic (exact) mass is 344 g/mol. The Morgan fingerprint density at radius 2 is 1.08 bits per heavy atom. The fourth-order valence-electron chi connectivity index (χ4n) is 2.52. The van der Waals surface area contributed by atoms with Crippen LogP contribution in [-0.2, 0) is 0 Å². The summed E-state index contributed by atoms with van der Waals surface area (Å²) in [6.45, 7) is 4.24. The number of aliphatic imine (C=N–C) groups is 2. The molecule has 0 unspecified atom stereocenters. The van der Waals surface area contributed by atoms with E-state index in [9.17, 15) is 0 Å². The van der Waals surface area contributed by atoms with Gasteiger partial charge in [0.1, 0.15) is 0 Å². The first-order valence-electron chi connectivity index (χ1n) is 8.97. The summed E-state index contributed by atoms with van der Waals surface area (Å²) in [4.78, 5) is 9.35. The highest BCUT2D eigenvalue weighted by atomic mass is 14.9. The molecule has 26 heavy (non-hydrogen) atoms. The summed E-state index contributed by atoms with van der Waals surface area (Å²) in [7, 11) is 0. The van der Waals surface area contributed by atoms with Crippen LogP contribution in [0.1, 0.15) is 26.7 Å². The predicted molar refractivity (Wildman–Crippen MR) is 113 cm³/mol. The maximum atomic E-state index is 4.68. The highest BCUT2D eigenvalue weighted by molar-refractivity contribution is 5.87. The lowest BCUT2D eigenvalue weighted by Crippen LogP contribution is -1.96. The van der Waals surface area contributed by atoms with Crippen LogP contribution in [0.25, 0.3) is 0 Å². The summed E-state index contributed by atoms with van der Waals surface area (Å²) in [5.41, 5.74) is 6.00. The third-order valence-corrected chi connectivity index (χ3v) is 4.19. The molecule has 132 valence electrons. The lowest BCUT2D eigenvalue weighted by atomic mass is 10.2. The number of rotatable bonds is 2. The first-order valence-corrected chi connectivity index (χ1v) is 8.97. The summed E-state index contributed by atoms with van der Waals surface area (Å²) in [6, 6.07) is 16.1. The van der Waals surface area contributed by atoms with Crippen LogP contribution < -0.4 is 10.6 Å². The van der Waals surface area contributed by atoms with Crippen molar-refractivity contribution in [3.63, 3.8) is 0 Å². The number of hydrogen-bond acceptors (Lipinski definition) is 4. The van der Waals surface area contributed by atoms with E-state index in [1.807, 2.05) is 73.4 Å². The highest BCUT2D eigenvalue weighted by Gasteiger charge is 2.02. The molecule has 1 heterocycles. The SMILES string of the molecule is CC/C1=C/Nc2ccccc2N=C/C(CC)=C\Nc2ccccc2N=C1. The predicted octanol–water partition coefficient (Wildman–Crippen LogP) is 6.22. The molecule has 0 saturated heterocycles. The lowest BCUT2D eigenvalue weighted by molar-refractivity contribution is 1.17. The van der Waals surface area contributed by atoms with Crippen molar-refractivity contribution < 1.29 is 0 Å². The quantitative estimate of drug-likeness (QED) is 0.679. The van der Waals surface area contributed by atoms with Crippen LogP contribution in [0.2, 0.25) is 0 Å². The topological polar surface area (TPSA) is 48.8 Å². The molecule has 0 aromatic heterocycles. The van der Waals surface area contributed by atoms with Gasteiger partial charge in [0.2, 0.25) is 0 Å². The van der Waals surface area contributed by atoms with Gasteiger partial charge in [-0.15, -0.1) is 0 Å². The largest absolute Gasteiger partial charge is 0.360 e. The number of hydrogen-bond donors (Lipinski definition) is 2. The Morgan fingerprint density at radius 3 is 1.50 bits per heavy atom. The van der Waals surface area contributed by atoms with E-state index in [0.717, 1.165) is 46.7 Å². The van der Waals surface area contributed by atoms with E-state index in [1.54, 1.807) is 0 Å². The average molecular weight is 344 g/mol. The van der Waals surface area contributed by atoms with Crippen LogP contribution in [0.15, 0.2) is 82.1 Å². The van der Waals surface area contributed by atoms with E-state index in [-0.39, 0.29) is 0 Å². The summed E-state index contributed by atoms with van der Waals surface area (Å²) >= 11 is 0. The van der Waals surface area contributed by atoms with Crippen molar-refractivity contribution in [3.05, 3.63) is 72.1 Å². The molecule has 0 atom stereocenters. The minimum absolute atomic E-state index is 0.886. The summed E-state index contributed by atoms with van der Waals surface area (Å²) in [5.74, 6) is 0. The summed E-state index contributed by atoms with van der Waals surface area (Å²) in [5, 5.41) is 6.75. The Balaban J connectivity index is 2.06. The molecular formula is C22H24N4. The van der Waals surface area contributed by atoms with Gasteiger partial charge in [0.15, 0.2) is 0 Å². The fourth-order valence-corrected chi connectivity index (χ4v) is 2.52. The molecule has 0 amide bonds. The normalized spacial score (nSPS) is 18.1. The molecule has 0 saturated carbocycles. The minimum atomic E-state index is 0.886. The molecule has 3 rings (SSSR count). The first-order chi connectivity index (χ1) is 12.8. The van der Waals surface area contributed by atoms with Gasteiger partial charge in [0.25, 0.3) is 0 Å². The minimum Gasteiger partial charge on any atom is -0.360 e. The Kier molecular flexibility index (Phi) is 5.99. The second kappa shape index (κ2) is 8.81. The number of allylic oxidation sites excluding steroid dienone is 2. The van der Waals surface area contributed by atoms with E-state index in [2.05, 4.69) is 34.5 Å². The molecule has 0 bridgehead atoms. The first kappa shape index (κ1) is 17.7. The van der Waals surface area contributed by atoms with Crippen LogP contribution in [0.4, 0.5) is 22.7 Å². The standard InChI is InChI=1S/C22H24N4/c1-3-17-13-23-19-9-5-7-11-21(19)25-15-18(4-2)16-26-22-12-8-6-10-20(22)24-14-17/h5-16,23,26H,3-4H2,1-2H3/b17-13-,18-16-,24-14?,25-15?. The molecule has 2 aromatic rings. The molecule has 2 N–H and O–H groups in total. The van der Waals surface area contributed by atoms with Crippen molar-refractivity contribution in [1.29, 1.82) is 0 Å². The van der Waals surface area contributed by atoms with Crippen LogP contribution in [0.3, 0.4) is 0 Å². The maximum absolute atomic E-state index is 4.68. The summed E-state index contributed by atoms with van der Waals surface area (Å²) in [6.07, 6.45) is 9.59. The van der Waals surface area contributed by atoms with Gasteiger partial charge in [0, 0.05) is 24.8 Å². The molecule has 0 aliphatic carbocycles. The molecule has 4 nitrogen and oxygen atoms in total. The molecule has 0 spiro atoms. The van der Waals surface area contributed by atoms with E-state index >= 15 is 0 Å². The van der Waals surface area contributed by atoms with Gasteiger partial charge in [-0.25, -0.2) is 0 Å². The van der Waals surface area contributed by atoms with Gasteiger partial charge in [-0.05, 0) is 48.3 Å². The van der Waals surface area contributed by atoms with E-state index in [1.165, 1.54) is 0 Å². The zero-order chi connectivity index (χ0) is 18.2. The number of nitrogens with zero attached hydrogens (tertiary/aromatic N) is 2. The van der Waals surface area contributed by atoms with Crippen LogP contribution in [0, 0.1) is 0 Å². The molecular weight excluding hydrogens is 320 g/mol. The van der Waals surface area contributed by atoms with Gasteiger partial charge in [-0.1, -0.05) is 38.1 Å². The molecule has 0 radical (unpaired) electrons. The van der Waals surface area contributed by atoms with E-state index < -0.39 is 0 Å². The van der Waals surface area contributed by atoms with E-state index in [0.29, 0.717) is 0 Å². The number of anilines is 2. The zero-order valence-electron chi connectivity index (χ0n) is 15.2. The average Bonchev–Trinajstić information content (AvgIpc) is 2.69. The van der Waals surface area contributed by atoms with Crippen molar-refractivity contribution >= 4 is 35.2 Å². The third kappa shape index (κ3) is 4.48. The fraction of sp³-hybridized carbons (Fsp3) is 0.182. The van der Waals surface area contributed by atoms with Gasteiger partial charge >= 0.3 is 0 Å². The van der Waals surface area contributed by atoms with Crippen molar-refractivity contribution in [3.8, 4) is 0 Å². The number of fused-ring (bicyclic) bond motifs is 2.